The maximum atomic E-state index is 6.77. The zero-order chi connectivity index (χ0) is 38.4. The Morgan fingerprint density at radius 2 is 0.881 bits per heavy atom. The fourth-order valence-electron chi connectivity index (χ4n) is 11.2. The Morgan fingerprint density at radius 3 is 1.76 bits per heavy atom. The molecule has 2 aliphatic carbocycles. The predicted octanol–water partition coefficient (Wildman–Crippen LogP) is 15.3. The van der Waals surface area contributed by atoms with Crippen LogP contribution in [0, 0.1) is 0 Å². The van der Waals surface area contributed by atoms with E-state index in [1.54, 1.807) is 0 Å². The number of hydrogen-bond acceptors (Lipinski definition) is 2. The summed E-state index contributed by atoms with van der Waals surface area (Å²) in [4.78, 5) is 0. The van der Waals surface area contributed by atoms with Crippen molar-refractivity contribution in [2.75, 3.05) is 0 Å². The van der Waals surface area contributed by atoms with Gasteiger partial charge in [-0.05, 0) is 125 Å². The first-order valence-electron chi connectivity index (χ1n) is 20.4. The van der Waals surface area contributed by atoms with Crippen LogP contribution >= 0.6 is 0 Å². The van der Waals surface area contributed by atoms with Crippen molar-refractivity contribution in [1.82, 2.24) is 0 Å². The third kappa shape index (κ3) is 3.96. The highest BCUT2D eigenvalue weighted by Crippen LogP contribution is 2.62. The first-order valence-corrected chi connectivity index (χ1v) is 20.4. The molecule has 0 fully saturated rings. The smallest absolute Gasteiger partial charge is 0.136 e. The van der Waals surface area contributed by atoms with E-state index in [0.29, 0.717) is 0 Å². The second-order valence-corrected chi connectivity index (χ2v) is 16.2. The van der Waals surface area contributed by atoms with E-state index < -0.39 is 5.41 Å². The van der Waals surface area contributed by atoms with Crippen LogP contribution in [-0.4, -0.2) is 0 Å². The molecule has 11 aromatic rings. The summed E-state index contributed by atoms with van der Waals surface area (Å²) in [5, 5.41) is 7.20. The molecule has 1 aliphatic heterocycles. The molecular formula is C57H32O2. The molecule has 0 saturated heterocycles. The van der Waals surface area contributed by atoms with Gasteiger partial charge >= 0.3 is 0 Å². The molecule has 0 bridgehead atoms. The maximum Gasteiger partial charge on any atom is 0.136 e. The molecule has 0 amide bonds. The second kappa shape index (κ2) is 11.2. The van der Waals surface area contributed by atoms with E-state index in [0.717, 1.165) is 55.5 Å². The van der Waals surface area contributed by atoms with Crippen molar-refractivity contribution < 1.29 is 9.15 Å². The molecule has 0 radical (unpaired) electrons. The summed E-state index contributed by atoms with van der Waals surface area (Å²) >= 11 is 0. The predicted molar refractivity (Wildman–Crippen MR) is 241 cm³/mol. The van der Waals surface area contributed by atoms with Crippen molar-refractivity contribution in [2.24, 2.45) is 0 Å². The second-order valence-electron chi connectivity index (χ2n) is 16.2. The molecule has 1 aromatic heterocycles. The van der Waals surface area contributed by atoms with E-state index in [-0.39, 0.29) is 0 Å². The number of rotatable bonds is 2. The van der Waals surface area contributed by atoms with E-state index in [4.69, 9.17) is 9.15 Å². The topological polar surface area (TPSA) is 22.4 Å². The number of para-hydroxylation sites is 1. The van der Waals surface area contributed by atoms with E-state index >= 15 is 0 Å². The highest BCUT2D eigenvalue weighted by atomic mass is 16.5. The lowest BCUT2D eigenvalue weighted by molar-refractivity contribution is 0.487. The minimum absolute atomic E-state index is 0.472. The van der Waals surface area contributed by atoms with Crippen LogP contribution < -0.4 is 4.74 Å². The van der Waals surface area contributed by atoms with E-state index in [9.17, 15) is 0 Å². The van der Waals surface area contributed by atoms with Crippen LogP contribution in [0.15, 0.2) is 199 Å². The molecule has 0 N–H and O–H groups in total. The van der Waals surface area contributed by atoms with Gasteiger partial charge in [0.1, 0.15) is 22.7 Å². The number of ether oxygens (including phenoxy) is 1. The molecule has 2 heterocycles. The molecule has 2 heteroatoms. The molecular weight excluding hydrogens is 717 g/mol. The molecule has 3 aliphatic rings. The van der Waals surface area contributed by atoms with Gasteiger partial charge in [-0.25, -0.2) is 0 Å². The summed E-state index contributed by atoms with van der Waals surface area (Å²) in [5.41, 5.74) is 18.9. The summed E-state index contributed by atoms with van der Waals surface area (Å²) in [6.07, 6.45) is 0. The zero-order valence-corrected chi connectivity index (χ0v) is 31.8. The monoisotopic (exact) mass is 748 g/mol. The first-order chi connectivity index (χ1) is 29.3. The van der Waals surface area contributed by atoms with Crippen LogP contribution in [0.3, 0.4) is 0 Å². The summed E-state index contributed by atoms with van der Waals surface area (Å²) < 4.78 is 13.0. The van der Waals surface area contributed by atoms with E-state index in [1.807, 2.05) is 12.1 Å². The lowest BCUT2D eigenvalue weighted by Gasteiger charge is -2.40. The molecule has 0 saturated carbocycles. The maximum absolute atomic E-state index is 6.77. The average Bonchev–Trinajstić information content (AvgIpc) is 3.82. The Kier molecular flexibility index (Phi) is 5.99. The van der Waals surface area contributed by atoms with Crippen LogP contribution in [0.25, 0.3) is 99.1 Å². The number of benzene rings is 10. The summed E-state index contributed by atoms with van der Waals surface area (Å²) in [5.74, 6) is 1.76. The van der Waals surface area contributed by atoms with Crippen LogP contribution in [0.5, 0.6) is 11.5 Å². The SMILES string of the molecule is c1ccc2c(c1)-c1ccc(-c3ccc4c5c(cccc35)-c3cc(-c5cccc6oc7ccccc7c56)ccc3O4)cc1C21c2ccccc2-c2cccc3cccc1c23. The van der Waals surface area contributed by atoms with Gasteiger partial charge in [0.25, 0.3) is 0 Å². The molecule has 59 heavy (non-hydrogen) atoms. The zero-order valence-electron chi connectivity index (χ0n) is 31.8. The number of furan rings is 1. The Balaban J connectivity index is 0.987. The van der Waals surface area contributed by atoms with Crippen molar-refractivity contribution in [2.45, 2.75) is 5.41 Å². The lowest BCUT2D eigenvalue weighted by Crippen LogP contribution is -2.31. The Hall–Kier alpha value is -7.68. The van der Waals surface area contributed by atoms with Crippen molar-refractivity contribution in [3.05, 3.63) is 216 Å². The normalized spacial score (nSPS) is 15.3. The van der Waals surface area contributed by atoms with Crippen LogP contribution in [0.2, 0.25) is 0 Å². The Labute approximate surface area is 340 Å². The molecule has 1 atom stereocenters. The van der Waals surface area contributed by atoms with Gasteiger partial charge in [0, 0.05) is 21.7 Å². The summed E-state index contributed by atoms with van der Waals surface area (Å²) in [6.45, 7) is 0. The fourth-order valence-corrected chi connectivity index (χ4v) is 11.2. The van der Waals surface area contributed by atoms with Crippen molar-refractivity contribution in [3.63, 3.8) is 0 Å². The van der Waals surface area contributed by atoms with Crippen molar-refractivity contribution in [1.29, 1.82) is 0 Å². The lowest BCUT2D eigenvalue weighted by atomic mass is 9.61. The largest absolute Gasteiger partial charge is 0.456 e. The van der Waals surface area contributed by atoms with Crippen LogP contribution in [0.1, 0.15) is 22.3 Å². The molecule has 2 nitrogen and oxygen atoms in total. The van der Waals surface area contributed by atoms with Gasteiger partial charge < -0.3 is 9.15 Å². The number of hydrogen-bond donors (Lipinski definition) is 0. The summed E-state index contributed by atoms with van der Waals surface area (Å²) in [6, 6.07) is 71.4. The van der Waals surface area contributed by atoms with Gasteiger partial charge in [0.05, 0.1) is 5.41 Å². The van der Waals surface area contributed by atoms with Crippen LogP contribution in [0.4, 0.5) is 0 Å². The minimum atomic E-state index is -0.472. The van der Waals surface area contributed by atoms with Gasteiger partial charge in [0.2, 0.25) is 0 Å². The summed E-state index contributed by atoms with van der Waals surface area (Å²) in [7, 11) is 0. The van der Waals surface area contributed by atoms with Gasteiger partial charge in [-0.2, -0.15) is 0 Å². The molecule has 10 aromatic carbocycles. The Bertz CT molecular complexity index is 3650. The third-order valence-corrected chi connectivity index (χ3v) is 13.5. The van der Waals surface area contributed by atoms with Gasteiger partial charge in [-0.15, -0.1) is 0 Å². The first kappa shape index (κ1) is 31.4. The van der Waals surface area contributed by atoms with Gasteiger partial charge in [-0.1, -0.05) is 158 Å². The van der Waals surface area contributed by atoms with E-state index in [2.05, 4.69) is 182 Å². The highest BCUT2D eigenvalue weighted by molar-refractivity contribution is 6.14. The third-order valence-electron chi connectivity index (χ3n) is 13.5. The highest BCUT2D eigenvalue weighted by Gasteiger charge is 2.50. The quantitative estimate of drug-likeness (QED) is 0.176. The van der Waals surface area contributed by atoms with Crippen molar-refractivity contribution >= 4 is 43.5 Å². The average molecular weight is 749 g/mol. The van der Waals surface area contributed by atoms with Gasteiger partial charge in [-0.3, -0.25) is 0 Å². The Morgan fingerprint density at radius 1 is 0.305 bits per heavy atom. The standard InChI is InChI=1S/C57H32O2/c1-4-20-46-38(13-1)40-27-25-35(32-49(40)57(46)47-21-5-2-14-39(47)42-17-7-11-33-12-8-22-48(57)54(33)42)36-28-30-53-56-41(36)18-9-19-43(56)45-31-34(26-29-51(45)59-53)37-16-10-24-52-55(37)44-15-3-6-23-50(44)58-52/h1-32H. The molecule has 272 valence electrons. The van der Waals surface area contributed by atoms with Gasteiger partial charge in [0.15, 0.2) is 0 Å². The van der Waals surface area contributed by atoms with Crippen molar-refractivity contribution in [3.8, 4) is 67.1 Å². The minimum Gasteiger partial charge on any atom is -0.456 e. The fraction of sp³-hybridized carbons (Fsp3) is 0.0175. The van der Waals surface area contributed by atoms with E-state index in [1.165, 1.54) is 77.4 Å². The number of fused-ring (bicyclic) bond motifs is 14. The molecule has 14 rings (SSSR count). The molecule has 1 spiro atoms. The van der Waals surface area contributed by atoms with Crippen LogP contribution in [-0.2, 0) is 5.41 Å². The molecule has 1 unspecified atom stereocenters.